The molecule has 0 saturated carbocycles. The van der Waals surface area contributed by atoms with Crippen molar-refractivity contribution in [3.8, 4) is 22.8 Å². The van der Waals surface area contributed by atoms with Crippen LogP contribution in [0.2, 0.25) is 0 Å². The lowest BCUT2D eigenvalue weighted by Gasteiger charge is -2.10. The van der Waals surface area contributed by atoms with E-state index in [-0.39, 0.29) is 5.91 Å². The predicted molar refractivity (Wildman–Crippen MR) is 116 cm³/mol. The molecule has 7 heteroatoms. The van der Waals surface area contributed by atoms with Crippen LogP contribution in [0, 0.1) is 13.8 Å². The van der Waals surface area contributed by atoms with Crippen LogP contribution in [0.5, 0.6) is 0 Å². The lowest BCUT2D eigenvalue weighted by molar-refractivity contribution is -0.116. The molecule has 0 radical (unpaired) electrons. The number of aryl methyl sites for hydroxylation is 2. The predicted octanol–water partition coefficient (Wildman–Crippen LogP) is 4.12. The fourth-order valence-corrected chi connectivity index (χ4v) is 3.30. The number of anilines is 1. The van der Waals surface area contributed by atoms with Crippen LogP contribution in [-0.4, -0.2) is 30.8 Å². The third-order valence-corrected chi connectivity index (χ3v) is 4.88. The van der Waals surface area contributed by atoms with Crippen molar-refractivity contribution in [1.29, 1.82) is 0 Å². The van der Waals surface area contributed by atoms with Crippen LogP contribution in [0.25, 0.3) is 22.8 Å². The van der Waals surface area contributed by atoms with Gasteiger partial charge in [0.1, 0.15) is 11.5 Å². The molecule has 4 heterocycles. The van der Waals surface area contributed by atoms with E-state index >= 15 is 0 Å². The fourth-order valence-electron chi connectivity index (χ4n) is 3.30. The van der Waals surface area contributed by atoms with Gasteiger partial charge in [0, 0.05) is 48.5 Å². The molecule has 4 aromatic rings. The molecule has 0 aromatic carbocycles. The number of hydrogen-bond donors (Lipinski definition) is 2. The molecule has 0 unspecified atom stereocenters. The highest BCUT2D eigenvalue weighted by molar-refractivity contribution is 5.90. The minimum atomic E-state index is -0.0993. The Kier molecular flexibility index (Phi) is 5.61. The average Bonchev–Trinajstić information content (AvgIpc) is 3.10. The monoisotopic (exact) mass is 398 g/mol. The van der Waals surface area contributed by atoms with Crippen molar-refractivity contribution in [3.05, 3.63) is 78.0 Å². The van der Waals surface area contributed by atoms with E-state index < -0.39 is 0 Å². The number of H-pyrrole nitrogens is 1. The summed E-state index contributed by atoms with van der Waals surface area (Å²) in [6.07, 6.45) is 8.12. The van der Waals surface area contributed by atoms with Gasteiger partial charge in [-0.2, -0.15) is 0 Å². The molecule has 0 bridgehead atoms. The Morgan fingerprint density at radius 3 is 2.67 bits per heavy atom. The third-order valence-electron chi connectivity index (χ3n) is 4.88. The molecule has 150 valence electrons. The van der Waals surface area contributed by atoms with Crippen LogP contribution < -0.4 is 5.32 Å². The quantitative estimate of drug-likeness (QED) is 0.509. The van der Waals surface area contributed by atoms with E-state index in [1.54, 1.807) is 24.7 Å². The molecule has 30 heavy (non-hydrogen) atoms. The van der Waals surface area contributed by atoms with Crippen molar-refractivity contribution in [2.24, 2.45) is 0 Å². The van der Waals surface area contributed by atoms with Crippen LogP contribution in [-0.2, 0) is 11.2 Å². The van der Waals surface area contributed by atoms with Crippen molar-refractivity contribution in [2.75, 3.05) is 5.32 Å². The van der Waals surface area contributed by atoms with E-state index in [9.17, 15) is 4.79 Å². The second kappa shape index (κ2) is 8.65. The molecule has 0 aliphatic carbocycles. The zero-order valence-electron chi connectivity index (χ0n) is 16.9. The van der Waals surface area contributed by atoms with Crippen molar-refractivity contribution >= 4 is 11.7 Å². The van der Waals surface area contributed by atoms with Gasteiger partial charge < -0.3 is 10.3 Å². The fraction of sp³-hybridized carbons (Fsp3) is 0.174. The summed E-state index contributed by atoms with van der Waals surface area (Å²) in [6.45, 7) is 4.06. The van der Waals surface area contributed by atoms with Gasteiger partial charge in [0.2, 0.25) is 5.91 Å². The van der Waals surface area contributed by atoms with Gasteiger partial charge in [-0.1, -0.05) is 6.07 Å². The Labute approximate surface area is 174 Å². The minimum Gasteiger partial charge on any atom is -0.365 e. The van der Waals surface area contributed by atoms with E-state index in [0.717, 1.165) is 11.3 Å². The Balaban J connectivity index is 1.59. The first-order valence-corrected chi connectivity index (χ1v) is 9.74. The smallest absolute Gasteiger partial charge is 0.225 e. The van der Waals surface area contributed by atoms with Gasteiger partial charge in [-0.15, -0.1) is 0 Å². The maximum Gasteiger partial charge on any atom is 0.225 e. The highest BCUT2D eigenvalue weighted by Gasteiger charge is 2.13. The molecule has 4 aromatic heterocycles. The van der Waals surface area contributed by atoms with E-state index in [1.165, 1.54) is 11.1 Å². The number of aromatic nitrogens is 5. The SMILES string of the molecule is Cc1c[nH]c(C)c1CCC(=O)Nc1cc(-c2cccnc2)nc(-c2ccccn2)n1. The van der Waals surface area contributed by atoms with Crippen LogP contribution in [0.4, 0.5) is 5.82 Å². The summed E-state index contributed by atoms with van der Waals surface area (Å²) in [5, 5.41) is 2.92. The van der Waals surface area contributed by atoms with Crippen molar-refractivity contribution in [1.82, 2.24) is 24.9 Å². The summed E-state index contributed by atoms with van der Waals surface area (Å²) in [6, 6.07) is 11.1. The molecule has 0 saturated heterocycles. The van der Waals surface area contributed by atoms with E-state index in [0.29, 0.717) is 35.9 Å². The average molecular weight is 398 g/mol. The zero-order valence-corrected chi connectivity index (χ0v) is 16.9. The number of pyridine rings is 2. The maximum absolute atomic E-state index is 12.6. The van der Waals surface area contributed by atoms with Crippen LogP contribution in [0.1, 0.15) is 23.2 Å². The van der Waals surface area contributed by atoms with Crippen molar-refractivity contribution < 1.29 is 4.79 Å². The standard InChI is InChI=1S/C23H22N6O/c1-15-13-26-16(2)18(15)8-9-22(30)28-21-12-20(17-6-5-10-24-14-17)27-23(29-21)19-7-3-4-11-25-19/h3-7,10-14,26H,8-9H2,1-2H3,(H,27,28,29,30). The van der Waals surface area contributed by atoms with Crippen LogP contribution >= 0.6 is 0 Å². The summed E-state index contributed by atoms with van der Waals surface area (Å²) in [5.74, 6) is 0.791. The van der Waals surface area contributed by atoms with Gasteiger partial charge >= 0.3 is 0 Å². The number of rotatable bonds is 6. The molecular formula is C23H22N6O. The lowest BCUT2D eigenvalue weighted by atomic mass is 10.1. The molecule has 0 fully saturated rings. The summed E-state index contributed by atoms with van der Waals surface area (Å²) >= 11 is 0. The molecule has 0 atom stereocenters. The van der Waals surface area contributed by atoms with E-state index in [1.807, 2.05) is 50.4 Å². The number of carbonyl (C=O) groups excluding carboxylic acids is 1. The first kappa shape index (κ1) is 19.4. The van der Waals surface area contributed by atoms with Gasteiger partial charge in [0.15, 0.2) is 5.82 Å². The number of nitrogens with one attached hydrogen (secondary N) is 2. The molecule has 0 aliphatic heterocycles. The van der Waals surface area contributed by atoms with Crippen LogP contribution in [0.3, 0.4) is 0 Å². The topological polar surface area (TPSA) is 96.5 Å². The summed E-state index contributed by atoms with van der Waals surface area (Å²) in [4.78, 5) is 33.5. The third kappa shape index (κ3) is 4.41. The molecule has 4 rings (SSSR count). The summed E-state index contributed by atoms with van der Waals surface area (Å²) in [5.41, 5.74) is 5.59. The Hall–Kier alpha value is -3.87. The molecule has 0 spiro atoms. The van der Waals surface area contributed by atoms with Gasteiger partial charge in [-0.3, -0.25) is 14.8 Å². The number of aromatic amines is 1. The second-order valence-corrected chi connectivity index (χ2v) is 7.04. The number of amides is 1. The van der Waals surface area contributed by atoms with Crippen molar-refractivity contribution in [3.63, 3.8) is 0 Å². The Bertz CT molecular complexity index is 1080. The molecular weight excluding hydrogens is 376 g/mol. The summed E-state index contributed by atoms with van der Waals surface area (Å²) < 4.78 is 0. The highest BCUT2D eigenvalue weighted by Crippen LogP contribution is 2.23. The highest BCUT2D eigenvalue weighted by atomic mass is 16.1. The largest absolute Gasteiger partial charge is 0.365 e. The van der Waals surface area contributed by atoms with Gasteiger partial charge in [0.25, 0.3) is 0 Å². The molecule has 2 N–H and O–H groups in total. The number of hydrogen-bond acceptors (Lipinski definition) is 5. The minimum absolute atomic E-state index is 0.0993. The number of nitrogens with zero attached hydrogens (tertiary/aromatic N) is 4. The van der Waals surface area contributed by atoms with Crippen molar-refractivity contribution in [2.45, 2.75) is 26.7 Å². The Morgan fingerprint density at radius 1 is 1.07 bits per heavy atom. The van der Waals surface area contributed by atoms with Gasteiger partial charge in [-0.25, -0.2) is 9.97 Å². The zero-order chi connectivity index (χ0) is 20.9. The van der Waals surface area contributed by atoms with Gasteiger partial charge in [-0.05, 0) is 55.7 Å². The first-order chi connectivity index (χ1) is 14.6. The lowest BCUT2D eigenvalue weighted by Crippen LogP contribution is -2.14. The van der Waals surface area contributed by atoms with E-state index in [2.05, 4.69) is 30.2 Å². The number of carbonyl (C=O) groups is 1. The van der Waals surface area contributed by atoms with Gasteiger partial charge in [0.05, 0.1) is 5.69 Å². The molecule has 1 amide bonds. The Morgan fingerprint density at radius 2 is 1.97 bits per heavy atom. The molecule has 7 nitrogen and oxygen atoms in total. The summed E-state index contributed by atoms with van der Waals surface area (Å²) in [7, 11) is 0. The van der Waals surface area contributed by atoms with E-state index in [4.69, 9.17) is 0 Å². The first-order valence-electron chi connectivity index (χ1n) is 9.74. The van der Waals surface area contributed by atoms with Crippen LogP contribution in [0.15, 0.2) is 61.2 Å². The maximum atomic E-state index is 12.6. The normalized spacial score (nSPS) is 10.7. The second-order valence-electron chi connectivity index (χ2n) is 7.04. The molecule has 0 aliphatic rings.